The highest BCUT2D eigenvalue weighted by molar-refractivity contribution is 7.99. The number of hydrogen-bond donors (Lipinski definition) is 2. The average Bonchev–Trinajstić information content (AvgIpc) is 2.92. The Morgan fingerprint density at radius 2 is 1.92 bits per heavy atom. The number of hydrogen-bond acceptors (Lipinski definition) is 6. The summed E-state index contributed by atoms with van der Waals surface area (Å²) in [4.78, 5) is 12.9. The molecule has 1 heterocycles. The minimum atomic E-state index is -3.74. The van der Waals surface area contributed by atoms with Crippen LogP contribution < -0.4 is 10.0 Å². The first-order chi connectivity index (χ1) is 12.3. The molecular weight excluding hydrogens is 398 g/mol. The highest BCUT2D eigenvalue weighted by Gasteiger charge is 2.23. The third kappa shape index (κ3) is 6.01. The molecule has 0 bridgehead atoms. The van der Waals surface area contributed by atoms with Gasteiger partial charge < -0.3 is 9.84 Å². The molecule has 1 amide bonds. The van der Waals surface area contributed by atoms with Gasteiger partial charge in [0.1, 0.15) is 10.6 Å². The van der Waals surface area contributed by atoms with Crippen LogP contribution in [0.15, 0.2) is 38.6 Å². The van der Waals surface area contributed by atoms with Crippen LogP contribution in [-0.4, -0.2) is 38.3 Å². The van der Waals surface area contributed by atoms with Crippen molar-refractivity contribution in [2.75, 3.05) is 18.8 Å². The van der Waals surface area contributed by atoms with Gasteiger partial charge in [0.2, 0.25) is 15.9 Å². The highest BCUT2D eigenvalue weighted by Crippen LogP contribution is 2.20. The quantitative estimate of drug-likeness (QED) is 0.480. The summed E-state index contributed by atoms with van der Waals surface area (Å²) in [5.74, 6) is 0.708. The Morgan fingerprint density at radius 1 is 1.23 bits per heavy atom. The second-order valence-corrected chi connectivity index (χ2v) is 8.76. The predicted molar refractivity (Wildman–Crippen MR) is 101 cm³/mol. The summed E-state index contributed by atoms with van der Waals surface area (Å²) >= 11 is 7.42. The summed E-state index contributed by atoms with van der Waals surface area (Å²) in [7, 11) is -3.74. The first-order valence-corrected chi connectivity index (χ1v) is 10.7. The van der Waals surface area contributed by atoms with Crippen molar-refractivity contribution in [2.24, 2.45) is 0 Å². The molecule has 2 N–H and O–H groups in total. The second-order valence-electron chi connectivity index (χ2n) is 5.45. The van der Waals surface area contributed by atoms with E-state index >= 15 is 0 Å². The number of halogens is 1. The van der Waals surface area contributed by atoms with Gasteiger partial charge >= 0.3 is 0 Å². The van der Waals surface area contributed by atoms with E-state index in [4.69, 9.17) is 16.1 Å². The molecule has 0 atom stereocenters. The molecule has 10 heteroatoms. The molecule has 2 rings (SSSR count). The van der Waals surface area contributed by atoms with E-state index in [-0.39, 0.29) is 29.5 Å². The van der Waals surface area contributed by atoms with Crippen LogP contribution in [0.5, 0.6) is 0 Å². The summed E-state index contributed by atoms with van der Waals surface area (Å²) in [5.41, 5.74) is 0.290. The molecule has 0 aliphatic carbocycles. The third-order valence-corrected chi connectivity index (χ3v) is 6.36. The lowest BCUT2D eigenvalue weighted by atomic mass is 10.4. The summed E-state index contributed by atoms with van der Waals surface area (Å²) in [5, 5.41) is 7.06. The molecule has 0 spiro atoms. The Kier molecular flexibility index (Phi) is 7.51. The van der Waals surface area contributed by atoms with Gasteiger partial charge in [-0.3, -0.25) is 4.79 Å². The van der Waals surface area contributed by atoms with Gasteiger partial charge in [-0.15, -0.1) is 11.8 Å². The van der Waals surface area contributed by atoms with Crippen LogP contribution in [0, 0.1) is 13.8 Å². The summed E-state index contributed by atoms with van der Waals surface area (Å²) in [6.07, 6.45) is 0.0498. The number of nitrogens with one attached hydrogen (secondary N) is 2. The zero-order chi connectivity index (χ0) is 19.2. The first kappa shape index (κ1) is 20.8. The molecule has 0 unspecified atom stereocenters. The van der Waals surface area contributed by atoms with Gasteiger partial charge in [-0.2, -0.15) is 0 Å². The third-order valence-electron chi connectivity index (χ3n) is 3.39. The number of nitrogens with zero attached hydrogens (tertiary/aromatic N) is 1. The van der Waals surface area contributed by atoms with Crippen LogP contribution in [-0.2, 0) is 14.8 Å². The van der Waals surface area contributed by atoms with Crippen molar-refractivity contribution < 1.29 is 17.7 Å². The molecule has 26 heavy (non-hydrogen) atoms. The number of aryl methyl sites for hydroxylation is 2. The van der Waals surface area contributed by atoms with Crippen molar-refractivity contribution >= 4 is 39.3 Å². The van der Waals surface area contributed by atoms with Gasteiger partial charge in [0.15, 0.2) is 5.76 Å². The molecule has 142 valence electrons. The zero-order valence-electron chi connectivity index (χ0n) is 14.4. The van der Waals surface area contributed by atoms with Crippen LogP contribution in [0.4, 0.5) is 0 Å². The van der Waals surface area contributed by atoms with Crippen LogP contribution in [0.2, 0.25) is 5.02 Å². The smallest absolute Gasteiger partial charge is 0.245 e. The molecule has 0 fully saturated rings. The molecule has 7 nitrogen and oxygen atoms in total. The van der Waals surface area contributed by atoms with Gasteiger partial charge in [0, 0.05) is 35.2 Å². The Balaban J connectivity index is 1.68. The normalized spacial score (nSPS) is 11.5. The minimum Gasteiger partial charge on any atom is -0.360 e. The summed E-state index contributed by atoms with van der Waals surface area (Å²) in [6.45, 7) is 3.57. The van der Waals surface area contributed by atoms with E-state index in [1.165, 1.54) is 6.92 Å². The maximum atomic E-state index is 12.2. The van der Waals surface area contributed by atoms with Crippen molar-refractivity contribution in [1.29, 1.82) is 0 Å². The van der Waals surface area contributed by atoms with Gasteiger partial charge in [0.05, 0.1) is 0 Å². The maximum absolute atomic E-state index is 12.2. The lowest BCUT2D eigenvalue weighted by molar-refractivity contribution is -0.120. The number of rotatable bonds is 9. The van der Waals surface area contributed by atoms with Gasteiger partial charge in [-0.1, -0.05) is 16.8 Å². The fourth-order valence-corrected chi connectivity index (χ4v) is 4.46. The number of amides is 1. The zero-order valence-corrected chi connectivity index (χ0v) is 16.8. The number of benzene rings is 1. The van der Waals surface area contributed by atoms with Crippen LogP contribution in [0.1, 0.15) is 17.9 Å². The van der Waals surface area contributed by atoms with Crippen molar-refractivity contribution in [1.82, 2.24) is 15.2 Å². The van der Waals surface area contributed by atoms with Crippen LogP contribution >= 0.6 is 23.4 Å². The lowest BCUT2D eigenvalue weighted by Gasteiger charge is -2.07. The van der Waals surface area contributed by atoms with Crippen molar-refractivity contribution in [3.63, 3.8) is 0 Å². The predicted octanol–water partition coefficient (Wildman–Crippen LogP) is 2.52. The summed E-state index contributed by atoms with van der Waals surface area (Å²) < 4.78 is 31.7. The largest absolute Gasteiger partial charge is 0.360 e. The van der Waals surface area contributed by atoms with Gasteiger partial charge in [0.25, 0.3) is 0 Å². The molecule has 0 saturated heterocycles. The molecular formula is C16H20ClN3O4S2. The number of carbonyl (C=O) groups excluding carboxylic acids is 1. The molecule has 0 saturated carbocycles. The molecule has 1 aromatic carbocycles. The second kappa shape index (κ2) is 9.40. The Morgan fingerprint density at radius 3 is 2.54 bits per heavy atom. The number of thioether (sulfide) groups is 1. The van der Waals surface area contributed by atoms with Crippen molar-refractivity contribution in [2.45, 2.75) is 30.1 Å². The number of carbonyl (C=O) groups is 1. The van der Waals surface area contributed by atoms with E-state index < -0.39 is 10.0 Å². The Labute approximate surface area is 161 Å². The number of aromatic nitrogens is 1. The lowest BCUT2D eigenvalue weighted by Crippen LogP contribution is -2.32. The first-order valence-electron chi connectivity index (χ1n) is 7.87. The van der Waals surface area contributed by atoms with Crippen LogP contribution in [0.25, 0.3) is 0 Å². The maximum Gasteiger partial charge on any atom is 0.245 e. The summed E-state index contributed by atoms with van der Waals surface area (Å²) in [6, 6.07) is 7.46. The average molecular weight is 418 g/mol. The highest BCUT2D eigenvalue weighted by atomic mass is 35.5. The fraction of sp³-hybridized carbons (Fsp3) is 0.375. The van der Waals surface area contributed by atoms with Gasteiger partial charge in [-0.25, -0.2) is 13.1 Å². The van der Waals surface area contributed by atoms with E-state index in [0.29, 0.717) is 23.0 Å². The molecule has 2 aromatic rings. The van der Waals surface area contributed by atoms with Gasteiger partial charge in [-0.05, 0) is 38.1 Å². The van der Waals surface area contributed by atoms with E-state index in [9.17, 15) is 13.2 Å². The fourth-order valence-electron chi connectivity index (χ4n) is 2.21. The van der Waals surface area contributed by atoms with E-state index in [2.05, 4.69) is 15.2 Å². The topological polar surface area (TPSA) is 101 Å². The van der Waals surface area contributed by atoms with E-state index in [0.717, 1.165) is 4.90 Å². The van der Waals surface area contributed by atoms with Crippen molar-refractivity contribution in [3.8, 4) is 0 Å². The standard InChI is InChI=1S/C16H20ClN3O4S2/c1-11-16(12(2)24-20-11)26(22,23)19-8-7-15(21)18-9-10-25-14-5-3-13(17)4-6-14/h3-6,19H,7-10H2,1-2H3,(H,18,21). The van der Waals surface area contributed by atoms with E-state index in [1.54, 1.807) is 18.7 Å². The molecule has 0 aliphatic rings. The monoisotopic (exact) mass is 417 g/mol. The van der Waals surface area contributed by atoms with Crippen molar-refractivity contribution in [3.05, 3.63) is 40.7 Å². The molecule has 0 radical (unpaired) electrons. The Bertz CT molecular complexity index is 831. The molecule has 0 aliphatic heterocycles. The SMILES string of the molecule is Cc1noc(C)c1S(=O)(=O)NCCC(=O)NCCSc1ccc(Cl)cc1. The number of sulfonamides is 1. The minimum absolute atomic E-state index is 0.00253. The van der Waals surface area contributed by atoms with Crippen LogP contribution in [0.3, 0.4) is 0 Å². The Hall–Kier alpha value is -1.55. The van der Waals surface area contributed by atoms with E-state index in [1.807, 2.05) is 24.3 Å². The molecule has 1 aromatic heterocycles.